The number of aliphatic carboxylic acids is 1. The molecule has 2 amide bonds. The van der Waals surface area contributed by atoms with Crippen LogP contribution in [0.5, 0.6) is 0 Å². The molecule has 27 heavy (non-hydrogen) atoms. The Bertz CT molecular complexity index is 670. The zero-order valence-corrected chi connectivity index (χ0v) is 16.2. The summed E-state index contributed by atoms with van der Waals surface area (Å²) in [6.07, 6.45) is 5.72. The average molecular weight is 373 g/mol. The lowest BCUT2D eigenvalue weighted by Crippen LogP contribution is -2.40. The molecule has 0 saturated carbocycles. The van der Waals surface area contributed by atoms with Crippen molar-refractivity contribution in [2.45, 2.75) is 52.1 Å². The lowest BCUT2D eigenvalue weighted by atomic mass is 9.90. The summed E-state index contributed by atoms with van der Waals surface area (Å²) < 4.78 is 0. The van der Waals surface area contributed by atoms with Crippen molar-refractivity contribution < 1.29 is 14.7 Å². The summed E-state index contributed by atoms with van der Waals surface area (Å²) in [6.45, 7) is 6.22. The van der Waals surface area contributed by atoms with Crippen LogP contribution in [0.1, 0.15) is 50.2 Å². The summed E-state index contributed by atoms with van der Waals surface area (Å²) in [5.41, 5.74) is 1.53. The maximum atomic E-state index is 12.4. The number of hydrogen-bond donors (Lipinski definition) is 2. The smallest absolute Gasteiger partial charge is 0.317 e. The van der Waals surface area contributed by atoms with Crippen molar-refractivity contribution in [1.82, 2.24) is 15.1 Å². The first-order valence-corrected chi connectivity index (χ1v) is 10.0. The average Bonchev–Trinajstić information content (AvgIpc) is 2.89. The van der Waals surface area contributed by atoms with Gasteiger partial charge in [-0.3, -0.25) is 9.69 Å². The first-order chi connectivity index (χ1) is 13.0. The van der Waals surface area contributed by atoms with Crippen LogP contribution in [-0.2, 0) is 17.9 Å². The molecule has 2 fully saturated rings. The predicted molar refractivity (Wildman–Crippen MR) is 104 cm³/mol. The Balaban J connectivity index is 1.51. The molecule has 2 N–H and O–H groups in total. The topological polar surface area (TPSA) is 72.9 Å². The van der Waals surface area contributed by atoms with Gasteiger partial charge in [0.2, 0.25) is 0 Å². The SMILES string of the molecule is CC1(C(=O)O)CCN(C(=O)NCc2cccc(CN3CCCCCC3)c2)C1. The van der Waals surface area contributed by atoms with Crippen molar-refractivity contribution >= 4 is 12.0 Å². The van der Waals surface area contributed by atoms with Gasteiger partial charge in [-0.15, -0.1) is 0 Å². The second kappa shape index (κ2) is 8.74. The number of nitrogens with one attached hydrogen (secondary N) is 1. The molecule has 1 unspecified atom stereocenters. The van der Waals surface area contributed by atoms with E-state index in [2.05, 4.69) is 22.3 Å². The molecule has 2 heterocycles. The first kappa shape index (κ1) is 19.7. The number of amides is 2. The zero-order valence-electron chi connectivity index (χ0n) is 16.2. The lowest BCUT2D eigenvalue weighted by molar-refractivity contribution is -0.147. The van der Waals surface area contributed by atoms with Gasteiger partial charge in [0.1, 0.15) is 0 Å². The predicted octanol–water partition coefficient (Wildman–Crippen LogP) is 3.07. The number of carboxylic acids is 1. The zero-order chi connectivity index (χ0) is 19.3. The Morgan fingerprint density at radius 1 is 1.11 bits per heavy atom. The van der Waals surface area contributed by atoms with Gasteiger partial charge in [0, 0.05) is 26.2 Å². The molecular formula is C21H31N3O3. The molecule has 0 aromatic heterocycles. The molecule has 0 radical (unpaired) electrons. The van der Waals surface area contributed by atoms with Crippen LogP contribution in [0.2, 0.25) is 0 Å². The van der Waals surface area contributed by atoms with E-state index in [1.807, 2.05) is 12.1 Å². The van der Waals surface area contributed by atoms with Crippen molar-refractivity contribution in [3.05, 3.63) is 35.4 Å². The van der Waals surface area contributed by atoms with Crippen LogP contribution in [0, 0.1) is 5.41 Å². The molecule has 1 atom stereocenters. The van der Waals surface area contributed by atoms with E-state index in [0.29, 0.717) is 19.5 Å². The summed E-state index contributed by atoms with van der Waals surface area (Å²) in [6, 6.07) is 8.20. The van der Waals surface area contributed by atoms with Gasteiger partial charge >= 0.3 is 12.0 Å². The van der Waals surface area contributed by atoms with Crippen molar-refractivity contribution in [1.29, 1.82) is 0 Å². The molecule has 3 rings (SSSR count). The van der Waals surface area contributed by atoms with E-state index < -0.39 is 11.4 Å². The summed E-state index contributed by atoms with van der Waals surface area (Å²) in [7, 11) is 0. The number of nitrogens with zero attached hydrogens (tertiary/aromatic N) is 2. The van der Waals surface area contributed by atoms with Gasteiger partial charge < -0.3 is 15.3 Å². The van der Waals surface area contributed by atoms with Crippen molar-refractivity contribution in [3.8, 4) is 0 Å². The minimum absolute atomic E-state index is 0.183. The van der Waals surface area contributed by atoms with Crippen LogP contribution in [-0.4, -0.2) is 53.1 Å². The Hall–Kier alpha value is -2.08. The first-order valence-electron chi connectivity index (χ1n) is 10.0. The quantitative estimate of drug-likeness (QED) is 0.832. The second-order valence-electron chi connectivity index (χ2n) is 8.21. The van der Waals surface area contributed by atoms with E-state index in [1.165, 1.54) is 31.2 Å². The van der Waals surface area contributed by atoms with Crippen LogP contribution in [0.15, 0.2) is 24.3 Å². The van der Waals surface area contributed by atoms with E-state index >= 15 is 0 Å². The monoisotopic (exact) mass is 373 g/mol. The molecule has 148 valence electrons. The third-order valence-corrected chi connectivity index (χ3v) is 5.82. The van der Waals surface area contributed by atoms with Gasteiger partial charge in [0.15, 0.2) is 0 Å². The molecule has 1 aromatic rings. The molecule has 0 bridgehead atoms. The van der Waals surface area contributed by atoms with Gasteiger partial charge in [-0.05, 0) is 50.4 Å². The van der Waals surface area contributed by atoms with Crippen LogP contribution in [0.4, 0.5) is 4.79 Å². The number of carbonyl (C=O) groups excluding carboxylic acids is 1. The van der Waals surface area contributed by atoms with E-state index in [1.54, 1.807) is 11.8 Å². The summed E-state index contributed by atoms with van der Waals surface area (Å²) in [5.74, 6) is -0.834. The number of likely N-dealkylation sites (tertiary alicyclic amines) is 2. The highest BCUT2D eigenvalue weighted by Crippen LogP contribution is 2.30. The van der Waals surface area contributed by atoms with Gasteiger partial charge in [0.25, 0.3) is 0 Å². The van der Waals surface area contributed by atoms with Crippen molar-refractivity contribution in [2.24, 2.45) is 5.41 Å². The molecule has 6 heteroatoms. The van der Waals surface area contributed by atoms with Crippen LogP contribution < -0.4 is 5.32 Å². The Labute approximate surface area is 161 Å². The standard InChI is InChI=1S/C21H31N3O3/c1-21(19(25)26)9-12-24(16-21)20(27)22-14-17-7-6-8-18(13-17)15-23-10-4-2-3-5-11-23/h6-8,13H,2-5,9-12,14-16H2,1H3,(H,22,27)(H,25,26). The maximum absolute atomic E-state index is 12.4. The molecule has 2 saturated heterocycles. The normalized spacial score (nSPS) is 23.8. The number of carbonyl (C=O) groups is 2. The van der Waals surface area contributed by atoms with Crippen molar-refractivity contribution in [2.75, 3.05) is 26.2 Å². The Morgan fingerprint density at radius 2 is 1.81 bits per heavy atom. The van der Waals surface area contributed by atoms with Gasteiger partial charge in [-0.25, -0.2) is 4.79 Å². The minimum Gasteiger partial charge on any atom is -0.481 e. The van der Waals surface area contributed by atoms with E-state index in [-0.39, 0.29) is 12.6 Å². The van der Waals surface area contributed by atoms with Gasteiger partial charge in [-0.1, -0.05) is 37.1 Å². The van der Waals surface area contributed by atoms with Crippen LogP contribution >= 0.6 is 0 Å². The van der Waals surface area contributed by atoms with Gasteiger partial charge in [0.05, 0.1) is 5.41 Å². The molecule has 0 spiro atoms. The highest BCUT2D eigenvalue weighted by atomic mass is 16.4. The molecule has 2 aliphatic rings. The molecule has 1 aromatic carbocycles. The number of hydrogen-bond acceptors (Lipinski definition) is 3. The van der Waals surface area contributed by atoms with Crippen molar-refractivity contribution in [3.63, 3.8) is 0 Å². The summed E-state index contributed by atoms with van der Waals surface area (Å²) in [5, 5.41) is 12.2. The third-order valence-electron chi connectivity index (χ3n) is 5.82. The van der Waals surface area contributed by atoms with E-state index in [4.69, 9.17) is 0 Å². The fourth-order valence-electron chi connectivity index (χ4n) is 3.99. The molecule has 2 aliphatic heterocycles. The molecule has 6 nitrogen and oxygen atoms in total. The largest absolute Gasteiger partial charge is 0.481 e. The van der Waals surface area contributed by atoms with E-state index in [0.717, 1.165) is 25.2 Å². The fourth-order valence-corrected chi connectivity index (χ4v) is 3.99. The van der Waals surface area contributed by atoms with Crippen LogP contribution in [0.3, 0.4) is 0 Å². The highest BCUT2D eigenvalue weighted by Gasteiger charge is 2.42. The number of carboxylic acid groups (broad SMARTS) is 1. The molecule has 0 aliphatic carbocycles. The van der Waals surface area contributed by atoms with Crippen LogP contribution in [0.25, 0.3) is 0 Å². The summed E-state index contributed by atoms with van der Waals surface area (Å²) in [4.78, 5) is 27.8. The minimum atomic E-state index is -0.834. The van der Waals surface area contributed by atoms with E-state index in [9.17, 15) is 14.7 Å². The summed E-state index contributed by atoms with van der Waals surface area (Å²) >= 11 is 0. The Kier molecular flexibility index (Phi) is 6.37. The number of benzene rings is 1. The third kappa shape index (κ3) is 5.22. The lowest BCUT2D eigenvalue weighted by Gasteiger charge is -2.21. The fraction of sp³-hybridized carbons (Fsp3) is 0.619. The Morgan fingerprint density at radius 3 is 2.48 bits per heavy atom. The number of rotatable bonds is 5. The van der Waals surface area contributed by atoms with Gasteiger partial charge in [-0.2, -0.15) is 0 Å². The molecular weight excluding hydrogens is 342 g/mol. The maximum Gasteiger partial charge on any atom is 0.317 e. The highest BCUT2D eigenvalue weighted by molar-refractivity contribution is 5.79. The second-order valence-corrected chi connectivity index (χ2v) is 8.21. The number of urea groups is 1.